The largest absolute Gasteiger partial charge is 0.382 e. The molecule has 42 heavy (non-hydrogen) atoms. The summed E-state index contributed by atoms with van der Waals surface area (Å²) in [5, 5.41) is 11.1. The van der Waals surface area contributed by atoms with Crippen molar-refractivity contribution in [3.05, 3.63) is 75.3 Å². The van der Waals surface area contributed by atoms with Crippen molar-refractivity contribution < 1.29 is 34.4 Å². The highest BCUT2D eigenvalue weighted by atomic mass is 35.5. The number of sulfonamides is 2. The molecule has 19 heteroatoms. The lowest BCUT2D eigenvalue weighted by atomic mass is 10.1. The number of pyridine rings is 1. The molecule has 0 aliphatic heterocycles. The standard InChI is InChI=1S/C23H26Cl2N4O9S4/c1-40(32,33)29(41(2,34)35)22-8-3-17(16-26-22)15-21(20-9-14-39-23(20)28(30)31)42(36,37)38-19-6-4-18(5-7-19)27(12-10-24)13-11-25/h3-9,14,16,21H,10-13,15H2,1-2H3. The van der Waals surface area contributed by atoms with Gasteiger partial charge in [-0.25, -0.2) is 21.8 Å². The van der Waals surface area contributed by atoms with Crippen molar-refractivity contribution in [2.75, 3.05) is 46.0 Å². The predicted molar refractivity (Wildman–Crippen MR) is 163 cm³/mol. The number of nitrogens with zero attached hydrogens (tertiary/aromatic N) is 4. The molecule has 0 bridgehead atoms. The molecule has 230 valence electrons. The van der Waals surface area contributed by atoms with Crippen LogP contribution in [0.4, 0.5) is 16.5 Å². The van der Waals surface area contributed by atoms with E-state index in [2.05, 4.69) is 4.98 Å². The summed E-state index contributed by atoms with van der Waals surface area (Å²) >= 11 is 12.4. The van der Waals surface area contributed by atoms with Crippen LogP contribution in [0.1, 0.15) is 16.4 Å². The Kier molecular flexibility index (Phi) is 11.0. The molecule has 3 aromatic rings. The zero-order valence-electron chi connectivity index (χ0n) is 22.2. The Balaban J connectivity index is 1.97. The molecule has 0 aliphatic rings. The third-order valence-corrected chi connectivity index (χ3v) is 11.6. The number of thiophene rings is 1. The summed E-state index contributed by atoms with van der Waals surface area (Å²) in [4.78, 5) is 16.8. The van der Waals surface area contributed by atoms with Gasteiger partial charge in [-0.15, -0.1) is 26.9 Å². The van der Waals surface area contributed by atoms with Gasteiger partial charge in [0.15, 0.2) is 5.82 Å². The monoisotopic (exact) mass is 700 g/mol. The molecule has 0 spiro atoms. The lowest BCUT2D eigenvalue weighted by Gasteiger charge is -2.23. The van der Waals surface area contributed by atoms with Crippen molar-refractivity contribution in [3.8, 4) is 5.75 Å². The zero-order valence-corrected chi connectivity index (χ0v) is 26.9. The Labute approximate surface area is 258 Å². The molecule has 0 fully saturated rings. The second-order valence-corrected chi connectivity index (χ2v) is 16.1. The lowest BCUT2D eigenvalue weighted by molar-refractivity contribution is -0.380. The highest BCUT2D eigenvalue weighted by Gasteiger charge is 2.36. The SMILES string of the molecule is CS(=O)(=O)N(c1ccc(CC(c2ccsc2[N+](=O)[O-])S(=O)(=O)Oc2ccc(N(CCCl)CCCl)cc2)cn1)S(C)(=O)=O. The van der Waals surface area contributed by atoms with Crippen molar-refractivity contribution in [2.24, 2.45) is 0 Å². The second kappa shape index (κ2) is 13.7. The number of benzene rings is 1. The number of anilines is 2. The van der Waals surface area contributed by atoms with Gasteiger partial charge in [-0.2, -0.15) is 8.42 Å². The minimum atomic E-state index is -4.56. The molecule has 0 N–H and O–H groups in total. The van der Waals surface area contributed by atoms with Crippen molar-refractivity contribution in [1.29, 1.82) is 0 Å². The third-order valence-electron chi connectivity index (χ3n) is 5.68. The van der Waals surface area contributed by atoms with Gasteiger partial charge in [0.2, 0.25) is 20.0 Å². The van der Waals surface area contributed by atoms with Crippen LogP contribution in [0, 0.1) is 10.1 Å². The molecule has 0 saturated carbocycles. The van der Waals surface area contributed by atoms with E-state index in [1.54, 1.807) is 12.1 Å². The number of hydrogen-bond acceptors (Lipinski definition) is 12. The van der Waals surface area contributed by atoms with Gasteiger partial charge in [0.25, 0.3) is 0 Å². The smallest absolute Gasteiger partial charge is 0.328 e. The maximum Gasteiger partial charge on any atom is 0.328 e. The van der Waals surface area contributed by atoms with Crippen LogP contribution in [0.15, 0.2) is 54.0 Å². The minimum Gasteiger partial charge on any atom is -0.382 e. The molecule has 2 aromatic heterocycles. The summed E-state index contributed by atoms with van der Waals surface area (Å²) in [5.74, 6) is 0.226. The molecule has 2 heterocycles. The van der Waals surface area contributed by atoms with Crippen LogP contribution in [0.2, 0.25) is 0 Å². The molecule has 0 aliphatic carbocycles. The Morgan fingerprint density at radius 1 is 0.952 bits per heavy atom. The summed E-state index contributed by atoms with van der Waals surface area (Å²) in [7, 11) is -13.1. The summed E-state index contributed by atoms with van der Waals surface area (Å²) in [6.07, 6.45) is 2.12. The van der Waals surface area contributed by atoms with Crippen LogP contribution in [0.5, 0.6) is 5.75 Å². The van der Waals surface area contributed by atoms with E-state index in [-0.39, 0.29) is 27.0 Å². The Morgan fingerprint density at radius 3 is 2.02 bits per heavy atom. The second-order valence-electron chi connectivity index (χ2n) is 8.81. The fourth-order valence-electron chi connectivity index (χ4n) is 4.00. The molecule has 13 nitrogen and oxygen atoms in total. The number of alkyl halides is 2. The third kappa shape index (κ3) is 8.44. The van der Waals surface area contributed by atoms with Crippen LogP contribution in [-0.4, -0.2) is 72.5 Å². The maximum absolute atomic E-state index is 13.6. The van der Waals surface area contributed by atoms with Crippen LogP contribution in [0.3, 0.4) is 0 Å². The van der Waals surface area contributed by atoms with Gasteiger partial charge in [-0.05, 0) is 53.8 Å². The van der Waals surface area contributed by atoms with Crippen molar-refractivity contribution in [3.63, 3.8) is 0 Å². The van der Waals surface area contributed by atoms with Crippen LogP contribution < -0.4 is 12.8 Å². The Morgan fingerprint density at radius 2 is 1.55 bits per heavy atom. The molecule has 1 atom stereocenters. The van der Waals surface area contributed by atoms with Crippen molar-refractivity contribution in [1.82, 2.24) is 4.98 Å². The Bertz CT molecular complexity index is 1680. The highest BCUT2D eigenvalue weighted by Crippen LogP contribution is 2.38. The van der Waals surface area contributed by atoms with E-state index in [1.165, 1.54) is 29.6 Å². The fraction of sp³-hybridized carbons (Fsp3) is 0.348. The predicted octanol–water partition coefficient (Wildman–Crippen LogP) is 3.75. The van der Waals surface area contributed by atoms with Gasteiger partial charge in [0.05, 0.1) is 23.0 Å². The first-order chi connectivity index (χ1) is 19.6. The number of rotatable bonds is 15. The topological polar surface area (TPSA) is 174 Å². The summed E-state index contributed by atoms with van der Waals surface area (Å²) in [5.41, 5.74) is 0.830. The summed E-state index contributed by atoms with van der Waals surface area (Å²) in [6.45, 7) is 1.02. The quantitative estimate of drug-likeness (QED) is 0.0977. The minimum absolute atomic E-state index is 0.0382. The van der Waals surface area contributed by atoms with Gasteiger partial charge in [0.1, 0.15) is 11.0 Å². The lowest BCUT2D eigenvalue weighted by Crippen LogP contribution is -2.35. The first-order valence-corrected chi connectivity index (χ1v) is 19.0. The normalized spacial score (nSPS) is 13.0. The molecule has 0 amide bonds. The molecular formula is C23H26Cl2N4O9S4. The van der Waals surface area contributed by atoms with Gasteiger partial charge in [-0.3, -0.25) is 10.1 Å². The number of nitro groups is 1. The maximum atomic E-state index is 13.6. The average molecular weight is 702 g/mol. The van der Waals surface area contributed by atoms with Crippen molar-refractivity contribution in [2.45, 2.75) is 11.7 Å². The molecule has 1 unspecified atom stereocenters. The Hall–Kier alpha value is -2.70. The summed E-state index contributed by atoms with van der Waals surface area (Å²) in [6, 6.07) is 9.81. The van der Waals surface area contributed by atoms with Gasteiger partial charge in [0, 0.05) is 36.7 Å². The summed E-state index contributed by atoms with van der Waals surface area (Å²) < 4.78 is 80.9. The van der Waals surface area contributed by atoms with E-state index in [9.17, 15) is 35.4 Å². The van der Waals surface area contributed by atoms with E-state index in [4.69, 9.17) is 27.4 Å². The first-order valence-electron chi connectivity index (χ1n) is 11.9. The number of hydrogen-bond donors (Lipinski definition) is 0. The first kappa shape index (κ1) is 33.8. The van der Waals surface area contributed by atoms with Gasteiger partial charge < -0.3 is 9.08 Å². The zero-order chi connectivity index (χ0) is 31.3. The fourth-order valence-corrected chi connectivity index (χ4v) is 9.51. The van der Waals surface area contributed by atoms with E-state index in [0.29, 0.717) is 37.4 Å². The van der Waals surface area contributed by atoms with Gasteiger partial charge in [-0.1, -0.05) is 17.4 Å². The van der Waals surface area contributed by atoms with E-state index < -0.39 is 51.2 Å². The van der Waals surface area contributed by atoms with E-state index in [0.717, 1.165) is 29.3 Å². The van der Waals surface area contributed by atoms with Crippen molar-refractivity contribution >= 4 is 81.2 Å². The number of halogens is 2. The molecule has 0 saturated heterocycles. The molecular weight excluding hydrogens is 675 g/mol. The highest BCUT2D eigenvalue weighted by molar-refractivity contribution is 8.09. The molecule has 3 rings (SSSR count). The van der Waals surface area contributed by atoms with Gasteiger partial charge >= 0.3 is 15.1 Å². The number of aromatic nitrogens is 1. The van der Waals surface area contributed by atoms with E-state index >= 15 is 0 Å². The van der Waals surface area contributed by atoms with Crippen LogP contribution >= 0.6 is 34.5 Å². The van der Waals surface area contributed by atoms with Crippen LogP contribution in [-0.2, 0) is 36.6 Å². The molecule has 1 aromatic carbocycles. The van der Waals surface area contributed by atoms with Crippen LogP contribution in [0.25, 0.3) is 0 Å². The van der Waals surface area contributed by atoms with E-state index in [1.807, 2.05) is 4.90 Å². The molecule has 0 radical (unpaired) electrons. The average Bonchev–Trinajstić information content (AvgIpc) is 3.36.